The molecule has 0 radical (unpaired) electrons. The van der Waals surface area contributed by atoms with Gasteiger partial charge in [0.1, 0.15) is 17.2 Å². The number of ether oxygens (including phenoxy) is 3. The van der Waals surface area contributed by atoms with Gasteiger partial charge in [0.05, 0.1) is 23.5 Å². The second kappa shape index (κ2) is 9.05. The van der Waals surface area contributed by atoms with Gasteiger partial charge >= 0.3 is 0 Å². The van der Waals surface area contributed by atoms with Gasteiger partial charge in [0.25, 0.3) is 5.91 Å². The molecule has 1 amide bonds. The first-order chi connectivity index (χ1) is 13.1. The number of carbonyl (C=O) groups is 1. The van der Waals surface area contributed by atoms with Crippen LogP contribution in [0, 0.1) is 3.57 Å². The van der Waals surface area contributed by atoms with Crippen LogP contribution in [0.3, 0.4) is 0 Å². The van der Waals surface area contributed by atoms with E-state index in [-0.39, 0.29) is 12.5 Å². The maximum atomic E-state index is 12.1. The smallest absolute Gasteiger partial charge is 0.264 e. The quantitative estimate of drug-likeness (QED) is 0.490. The van der Waals surface area contributed by atoms with Gasteiger partial charge in [-0.15, -0.1) is 11.3 Å². The molecule has 0 saturated carbocycles. The van der Waals surface area contributed by atoms with Crippen LogP contribution in [0.5, 0.6) is 17.2 Å². The fourth-order valence-corrected chi connectivity index (χ4v) is 3.60. The van der Waals surface area contributed by atoms with Crippen LogP contribution in [-0.4, -0.2) is 31.7 Å². The Hall–Kier alpha value is -2.33. The number of nitrogens with one attached hydrogen (secondary N) is 1. The number of para-hydroxylation sites is 1. The topological polar surface area (TPSA) is 69.7 Å². The number of methoxy groups -OCH3 is 2. The average Bonchev–Trinajstić information content (AvgIpc) is 3.15. The van der Waals surface area contributed by atoms with E-state index < -0.39 is 0 Å². The van der Waals surface area contributed by atoms with Gasteiger partial charge in [-0.3, -0.25) is 10.1 Å². The van der Waals surface area contributed by atoms with Crippen LogP contribution in [0.4, 0.5) is 5.13 Å². The molecule has 8 heteroatoms. The molecule has 0 aliphatic carbocycles. The van der Waals surface area contributed by atoms with E-state index in [1.807, 2.05) is 41.8 Å². The van der Waals surface area contributed by atoms with Gasteiger partial charge < -0.3 is 14.2 Å². The number of rotatable bonds is 7. The van der Waals surface area contributed by atoms with Crippen LogP contribution in [0.2, 0.25) is 0 Å². The zero-order valence-corrected chi connectivity index (χ0v) is 17.7. The van der Waals surface area contributed by atoms with Crippen molar-refractivity contribution in [3.05, 3.63) is 51.4 Å². The number of halogens is 1. The Kier molecular flexibility index (Phi) is 6.51. The van der Waals surface area contributed by atoms with Crippen molar-refractivity contribution in [2.24, 2.45) is 0 Å². The highest BCUT2D eigenvalue weighted by atomic mass is 127. The Balaban J connectivity index is 1.66. The summed E-state index contributed by atoms with van der Waals surface area (Å²) in [5.74, 6) is 1.76. The number of thiazole rings is 1. The third-order valence-electron chi connectivity index (χ3n) is 3.63. The maximum absolute atomic E-state index is 12.1. The molecule has 0 bridgehead atoms. The second-order valence-corrected chi connectivity index (χ2v) is 7.39. The normalized spacial score (nSPS) is 10.3. The number of aromatic nitrogens is 1. The van der Waals surface area contributed by atoms with E-state index in [1.54, 1.807) is 20.3 Å². The molecule has 2 aromatic carbocycles. The summed E-state index contributed by atoms with van der Waals surface area (Å²) in [4.78, 5) is 16.6. The first-order valence-corrected chi connectivity index (χ1v) is 9.91. The van der Waals surface area contributed by atoms with E-state index >= 15 is 0 Å². The van der Waals surface area contributed by atoms with Gasteiger partial charge in [-0.05, 0) is 46.9 Å². The van der Waals surface area contributed by atoms with Crippen molar-refractivity contribution in [2.45, 2.75) is 0 Å². The predicted molar refractivity (Wildman–Crippen MR) is 114 cm³/mol. The second-order valence-electron chi connectivity index (χ2n) is 5.37. The minimum Gasteiger partial charge on any atom is -0.497 e. The molecule has 140 valence electrons. The fraction of sp³-hybridized carbons (Fsp3) is 0.158. The van der Waals surface area contributed by atoms with Crippen molar-refractivity contribution in [1.82, 2.24) is 4.98 Å². The molecule has 3 aromatic rings. The van der Waals surface area contributed by atoms with Crippen molar-refractivity contribution >= 4 is 45.0 Å². The van der Waals surface area contributed by atoms with Gasteiger partial charge in [0.2, 0.25) is 0 Å². The lowest BCUT2D eigenvalue weighted by molar-refractivity contribution is -0.118. The lowest BCUT2D eigenvalue weighted by atomic mass is 10.1. The molecule has 1 aromatic heterocycles. The summed E-state index contributed by atoms with van der Waals surface area (Å²) in [5.41, 5.74) is 1.54. The molecule has 0 saturated heterocycles. The summed E-state index contributed by atoms with van der Waals surface area (Å²) in [6.45, 7) is -0.0826. The van der Waals surface area contributed by atoms with Gasteiger partial charge in [0.15, 0.2) is 11.7 Å². The SMILES string of the molecule is COc1ccc(-c2csc(NC(=O)COc3ccccc3I)n2)c(OC)c1. The number of nitrogens with zero attached hydrogens (tertiary/aromatic N) is 1. The highest BCUT2D eigenvalue weighted by Gasteiger charge is 2.13. The minimum atomic E-state index is -0.266. The largest absolute Gasteiger partial charge is 0.497 e. The summed E-state index contributed by atoms with van der Waals surface area (Å²) in [7, 11) is 3.19. The Morgan fingerprint density at radius 2 is 1.96 bits per heavy atom. The molecule has 0 unspecified atom stereocenters. The fourth-order valence-electron chi connectivity index (χ4n) is 2.33. The lowest BCUT2D eigenvalue weighted by Crippen LogP contribution is -2.20. The van der Waals surface area contributed by atoms with Crippen LogP contribution in [0.15, 0.2) is 47.8 Å². The Labute approximate surface area is 174 Å². The summed E-state index contributed by atoms with van der Waals surface area (Å²) in [6.07, 6.45) is 0. The number of carbonyl (C=O) groups excluding carboxylic acids is 1. The Bertz CT molecular complexity index is 945. The number of hydrogen-bond acceptors (Lipinski definition) is 6. The minimum absolute atomic E-state index is 0.0826. The van der Waals surface area contributed by atoms with Crippen LogP contribution in [0.1, 0.15) is 0 Å². The first kappa shape index (κ1) is 19.4. The molecule has 1 N–H and O–H groups in total. The third kappa shape index (κ3) is 4.89. The molecule has 0 spiro atoms. The van der Waals surface area contributed by atoms with E-state index in [2.05, 4.69) is 32.9 Å². The molecule has 0 aliphatic rings. The monoisotopic (exact) mass is 496 g/mol. The molecule has 6 nitrogen and oxygen atoms in total. The summed E-state index contributed by atoms with van der Waals surface area (Å²) in [5, 5.41) is 5.12. The zero-order valence-electron chi connectivity index (χ0n) is 14.7. The summed E-state index contributed by atoms with van der Waals surface area (Å²) < 4.78 is 17.1. The van der Waals surface area contributed by atoms with Crippen LogP contribution in [0.25, 0.3) is 11.3 Å². The molecule has 27 heavy (non-hydrogen) atoms. The first-order valence-electron chi connectivity index (χ1n) is 7.96. The van der Waals surface area contributed by atoms with Crippen molar-refractivity contribution in [3.63, 3.8) is 0 Å². The zero-order chi connectivity index (χ0) is 19.2. The van der Waals surface area contributed by atoms with E-state index in [4.69, 9.17) is 14.2 Å². The van der Waals surface area contributed by atoms with Crippen LogP contribution in [-0.2, 0) is 4.79 Å². The van der Waals surface area contributed by atoms with E-state index in [1.165, 1.54) is 11.3 Å². The number of amides is 1. The van der Waals surface area contributed by atoms with Gasteiger partial charge in [0, 0.05) is 17.0 Å². The summed E-state index contributed by atoms with van der Waals surface area (Å²) in [6, 6.07) is 13.0. The molecule has 0 aliphatic heterocycles. The molecule has 1 heterocycles. The maximum Gasteiger partial charge on any atom is 0.264 e. The van der Waals surface area contributed by atoms with E-state index in [0.717, 1.165) is 9.13 Å². The Morgan fingerprint density at radius 3 is 2.70 bits per heavy atom. The molecule has 3 rings (SSSR count). The van der Waals surface area contributed by atoms with Crippen molar-refractivity contribution < 1.29 is 19.0 Å². The van der Waals surface area contributed by atoms with Crippen LogP contribution < -0.4 is 19.5 Å². The number of anilines is 1. The van der Waals surface area contributed by atoms with Crippen molar-refractivity contribution in [3.8, 4) is 28.5 Å². The average molecular weight is 496 g/mol. The standard InChI is InChI=1S/C19H17IN2O4S/c1-24-12-7-8-13(17(9-12)25-2)15-11-27-19(21-15)22-18(23)10-26-16-6-4-3-5-14(16)20/h3-9,11H,10H2,1-2H3,(H,21,22,23). The Morgan fingerprint density at radius 1 is 1.15 bits per heavy atom. The molecule has 0 fully saturated rings. The number of benzene rings is 2. The van der Waals surface area contributed by atoms with Crippen LogP contribution >= 0.6 is 33.9 Å². The summed E-state index contributed by atoms with van der Waals surface area (Å²) >= 11 is 3.50. The van der Waals surface area contributed by atoms with Crippen molar-refractivity contribution in [2.75, 3.05) is 26.1 Å². The van der Waals surface area contributed by atoms with Gasteiger partial charge in [-0.25, -0.2) is 4.98 Å². The molecule has 0 atom stereocenters. The number of hydrogen-bond donors (Lipinski definition) is 1. The van der Waals surface area contributed by atoms with Gasteiger partial charge in [-0.2, -0.15) is 0 Å². The van der Waals surface area contributed by atoms with Crippen molar-refractivity contribution in [1.29, 1.82) is 0 Å². The van der Waals surface area contributed by atoms with E-state index in [0.29, 0.717) is 28.1 Å². The molecular formula is C19H17IN2O4S. The van der Waals surface area contributed by atoms with Gasteiger partial charge in [-0.1, -0.05) is 12.1 Å². The highest BCUT2D eigenvalue weighted by Crippen LogP contribution is 2.34. The van der Waals surface area contributed by atoms with E-state index in [9.17, 15) is 4.79 Å². The predicted octanol–water partition coefficient (Wildman–Crippen LogP) is 4.45. The third-order valence-corrected chi connectivity index (χ3v) is 5.28. The molecular weight excluding hydrogens is 479 g/mol. The lowest BCUT2D eigenvalue weighted by Gasteiger charge is -2.08. The highest BCUT2D eigenvalue weighted by molar-refractivity contribution is 14.1.